The van der Waals surface area contributed by atoms with Crippen molar-refractivity contribution >= 4 is 11.9 Å². The van der Waals surface area contributed by atoms with Crippen molar-refractivity contribution in [3.8, 4) is 5.75 Å². The quantitative estimate of drug-likeness (QED) is 0.652. The SMILES string of the molecule is COc1ccc(C(C)CCNC(=O)CCCCC(=O)O)cc1. The fraction of sp³-hybridized carbons (Fsp3) is 0.529. The molecule has 1 rings (SSSR count). The molecule has 0 aliphatic carbocycles. The fourth-order valence-corrected chi connectivity index (χ4v) is 2.18. The molecule has 0 radical (unpaired) electrons. The van der Waals surface area contributed by atoms with Gasteiger partial charge in [0.05, 0.1) is 7.11 Å². The first kappa shape index (κ1) is 18.0. The van der Waals surface area contributed by atoms with Crippen LogP contribution in [0.3, 0.4) is 0 Å². The van der Waals surface area contributed by atoms with Gasteiger partial charge >= 0.3 is 5.97 Å². The van der Waals surface area contributed by atoms with Gasteiger partial charge < -0.3 is 15.2 Å². The number of rotatable bonds is 10. The minimum atomic E-state index is -0.811. The van der Waals surface area contributed by atoms with Gasteiger partial charge in [-0.05, 0) is 42.9 Å². The van der Waals surface area contributed by atoms with Gasteiger partial charge in [0.15, 0.2) is 0 Å². The average Bonchev–Trinajstić information content (AvgIpc) is 2.51. The Kier molecular flexibility index (Phi) is 8.04. The van der Waals surface area contributed by atoms with Gasteiger partial charge in [-0.25, -0.2) is 0 Å². The third kappa shape index (κ3) is 7.11. The molecule has 5 heteroatoms. The first-order chi connectivity index (χ1) is 10.5. The molecule has 0 bridgehead atoms. The van der Waals surface area contributed by atoms with Crippen LogP contribution in [-0.2, 0) is 9.59 Å². The van der Waals surface area contributed by atoms with Gasteiger partial charge in [-0.15, -0.1) is 0 Å². The Labute approximate surface area is 131 Å². The van der Waals surface area contributed by atoms with Gasteiger partial charge in [0.2, 0.25) is 5.91 Å². The lowest BCUT2D eigenvalue weighted by atomic mass is 9.98. The topological polar surface area (TPSA) is 75.6 Å². The molecule has 0 saturated heterocycles. The van der Waals surface area contributed by atoms with Gasteiger partial charge in [0.1, 0.15) is 5.75 Å². The predicted molar refractivity (Wildman–Crippen MR) is 85.1 cm³/mol. The lowest BCUT2D eigenvalue weighted by molar-refractivity contribution is -0.137. The third-order valence-corrected chi connectivity index (χ3v) is 3.63. The smallest absolute Gasteiger partial charge is 0.303 e. The van der Waals surface area contributed by atoms with E-state index in [0.29, 0.717) is 31.7 Å². The van der Waals surface area contributed by atoms with Crippen LogP contribution in [0, 0.1) is 0 Å². The summed E-state index contributed by atoms with van der Waals surface area (Å²) in [6.07, 6.45) is 2.55. The first-order valence-corrected chi connectivity index (χ1v) is 7.65. The van der Waals surface area contributed by atoms with Crippen molar-refractivity contribution < 1.29 is 19.4 Å². The summed E-state index contributed by atoms with van der Waals surface area (Å²) in [4.78, 5) is 22.0. The van der Waals surface area contributed by atoms with E-state index in [4.69, 9.17) is 9.84 Å². The molecule has 0 aliphatic heterocycles. The molecular weight excluding hydrogens is 282 g/mol. The van der Waals surface area contributed by atoms with E-state index in [-0.39, 0.29) is 12.3 Å². The summed E-state index contributed by atoms with van der Waals surface area (Å²) in [5.74, 6) is 0.380. The molecule has 5 nitrogen and oxygen atoms in total. The molecule has 1 amide bonds. The molecule has 1 unspecified atom stereocenters. The highest BCUT2D eigenvalue weighted by atomic mass is 16.5. The van der Waals surface area contributed by atoms with E-state index >= 15 is 0 Å². The number of hydrogen-bond acceptors (Lipinski definition) is 3. The molecule has 0 saturated carbocycles. The molecule has 0 fully saturated rings. The molecule has 0 aliphatic rings. The van der Waals surface area contributed by atoms with Crippen molar-refractivity contribution in [3.05, 3.63) is 29.8 Å². The van der Waals surface area contributed by atoms with Crippen LogP contribution in [0.2, 0.25) is 0 Å². The van der Waals surface area contributed by atoms with E-state index < -0.39 is 5.97 Å². The van der Waals surface area contributed by atoms with E-state index in [1.54, 1.807) is 7.11 Å². The molecule has 2 N–H and O–H groups in total. The Morgan fingerprint density at radius 2 is 1.82 bits per heavy atom. The Morgan fingerprint density at radius 3 is 2.41 bits per heavy atom. The molecule has 0 spiro atoms. The zero-order valence-corrected chi connectivity index (χ0v) is 13.3. The summed E-state index contributed by atoms with van der Waals surface area (Å²) < 4.78 is 5.13. The standard InChI is InChI=1S/C17H25NO4/c1-13(14-7-9-15(22-2)10-8-14)11-12-18-16(19)5-3-4-6-17(20)21/h7-10,13H,3-6,11-12H2,1-2H3,(H,18,19)(H,20,21). The van der Waals surface area contributed by atoms with Crippen LogP contribution in [0.15, 0.2) is 24.3 Å². The largest absolute Gasteiger partial charge is 0.497 e. The van der Waals surface area contributed by atoms with Gasteiger partial charge in [-0.1, -0.05) is 19.1 Å². The van der Waals surface area contributed by atoms with E-state index in [1.807, 2.05) is 24.3 Å². The maximum Gasteiger partial charge on any atom is 0.303 e. The van der Waals surface area contributed by atoms with Gasteiger partial charge in [0, 0.05) is 19.4 Å². The molecule has 122 valence electrons. The second-order valence-corrected chi connectivity index (χ2v) is 5.41. The summed E-state index contributed by atoms with van der Waals surface area (Å²) in [6, 6.07) is 7.95. The van der Waals surface area contributed by atoms with Crippen LogP contribution in [0.4, 0.5) is 0 Å². The first-order valence-electron chi connectivity index (χ1n) is 7.65. The van der Waals surface area contributed by atoms with Crippen LogP contribution in [-0.4, -0.2) is 30.6 Å². The van der Waals surface area contributed by atoms with Crippen molar-refractivity contribution in [1.82, 2.24) is 5.32 Å². The number of carboxylic acids is 1. The molecular formula is C17H25NO4. The number of amides is 1. The van der Waals surface area contributed by atoms with Gasteiger partial charge in [-0.3, -0.25) is 9.59 Å². The van der Waals surface area contributed by atoms with Crippen LogP contribution >= 0.6 is 0 Å². The number of carbonyl (C=O) groups excluding carboxylic acids is 1. The average molecular weight is 307 g/mol. The van der Waals surface area contributed by atoms with Crippen molar-refractivity contribution in [2.75, 3.05) is 13.7 Å². The number of methoxy groups -OCH3 is 1. The Hall–Kier alpha value is -2.04. The van der Waals surface area contributed by atoms with E-state index in [2.05, 4.69) is 12.2 Å². The summed E-state index contributed by atoms with van der Waals surface area (Å²) >= 11 is 0. The number of ether oxygens (including phenoxy) is 1. The highest BCUT2D eigenvalue weighted by molar-refractivity contribution is 5.75. The number of carbonyl (C=O) groups is 2. The number of carboxylic acid groups (broad SMARTS) is 1. The van der Waals surface area contributed by atoms with Gasteiger partial charge in [0.25, 0.3) is 0 Å². The zero-order valence-electron chi connectivity index (χ0n) is 13.3. The van der Waals surface area contributed by atoms with Crippen molar-refractivity contribution in [2.45, 2.75) is 44.9 Å². The molecule has 1 aromatic rings. The van der Waals surface area contributed by atoms with E-state index in [1.165, 1.54) is 5.56 Å². The molecule has 22 heavy (non-hydrogen) atoms. The maximum atomic E-state index is 11.6. The lowest BCUT2D eigenvalue weighted by Crippen LogP contribution is -2.25. The highest BCUT2D eigenvalue weighted by Gasteiger charge is 2.07. The zero-order chi connectivity index (χ0) is 16.4. The Balaban J connectivity index is 2.19. The van der Waals surface area contributed by atoms with Crippen molar-refractivity contribution in [3.63, 3.8) is 0 Å². The number of hydrogen-bond donors (Lipinski definition) is 2. The highest BCUT2D eigenvalue weighted by Crippen LogP contribution is 2.21. The lowest BCUT2D eigenvalue weighted by Gasteiger charge is -2.13. The summed E-state index contributed by atoms with van der Waals surface area (Å²) in [7, 11) is 1.64. The Bertz CT molecular complexity index is 470. The normalized spacial score (nSPS) is 11.7. The van der Waals surface area contributed by atoms with Crippen LogP contribution in [0.25, 0.3) is 0 Å². The molecule has 0 aromatic heterocycles. The van der Waals surface area contributed by atoms with Crippen LogP contribution < -0.4 is 10.1 Å². The maximum absolute atomic E-state index is 11.6. The Morgan fingerprint density at radius 1 is 1.18 bits per heavy atom. The molecule has 0 heterocycles. The van der Waals surface area contributed by atoms with Crippen LogP contribution in [0.1, 0.15) is 50.5 Å². The second-order valence-electron chi connectivity index (χ2n) is 5.41. The van der Waals surface area contributed by atoms with Crippen molar-refractivity contribution in [1.29, 1.82) is 0 Å². The molecule has 1 aromatic carbocycles. The monoisotopic (exact) mass is 307 g/mol. The number of nitrogens with one attached hydrogen (secondary N) is 1. The third-order valence-electron chi connectivity index (χ3n) is 3.63. The minimum Gasteiger partial charge on any atom is -0.497 e. The predicted octanol–water partition coefficient (Wildman–Crippen LogP) is 2.95. The molecule has 1 atom stereocenters. The number of aliphatic carboxylic acids is 1. The number of unbranched alkanes of at least 4 members (excludes halogenated alkanes) is 1. The van der Waals surface area contributed by atoms with Crippen LogP contribution in [0.5, 0.6) is 5.75 Å². The van der Waals surface area contributed by atoms with E-state index in [9.17, 15) is 9.59 Å². The minimum absolute atomic E-state index is 0.00711. The van der Waals surface area contributed by atoms with E-state index in [0.717, 1.165) is 12.2 Å². The summed E-state index contributed by atoms with van der Waals surface area (Å²) in [5, 5.41) is 11.4. The van der Waals surface area contributed by atoms with Gasteiger partial charge in [-0.2, -0.15) is 0 Å². The number of benzene rings is 1. The van der Waals surface area contributed by atoms with Crippen molar-refractivity contribution in [2.24, 2.45) is 0 Å². The summed E-state index contributed by atoms with van der Waals surface area (Å²) in [6.45, 7) is 2.76. The fourth-order valence-electron chi connectivity index (χ4n) is 2.18. The summed E-state index contributed by atoms with van der Waals surface area (Å²) in [5.41, 5.74) is 1.22. The second kappa shape index (κ2) is 9.82.